The van der Waals surface area contributed by atoms with Gasteiger partial charge in [-0.2, -0.15) is 0 Å². The minimum absolute atomic E-state index is 0.466. The third kappa shape index (κ3) is 3.44. The van der Waals surface area contributed by atoms with Gasteiger partial charge in [-0.25, -0.2) is 0 Å². The van der Waals surface area contributed by atoms with E-state index in [4.69, 9.17) is 5.73 Å². The van der Waals surface area contributed by atoms with Gasteiger partial charge in [-0.05, 0) is 23.1 Å². The van der Waals surface area contributed by atoms with Crippen molar-refractivity contribution in [3.05, 3.63) is 71.3 Å². The fraction of sp³-hybridized carbons (Fsp3) is 0.188. The molecule has 4 N–H and O–H groups in total. The zero-order chi connectivity index (χ0) is 14.5. The molecule has 0 aliphatic rings. The van der Waals surface area contributed by atoms with E-state index in [1.165, 1.54) is 5.56 Å². The van der Waals surface area contributed by atoms with Gasteiger partial charge in [-0.3, -0.25) is 4.79 Å². The Bertz CT molecular complexity index is 566. The summed E-state index contributed by atoms with van der Waals surface area (Å²) >= 11 is 0. The smallest absolute Gasteiger partial charge is 0.249 e. The van der Waals surface area contributed by atoms with Crippen molar-refractivity contribution in [2.45, 2.75) is 18.6 Å². The Morgan fingerprint density at radius 2 is 1.50 bits per heavy atom. The monoisotopic (exact) mass is 271 g/mol. The summed E-state index contributed by atoms with van der Waals surface area (Å²) in [5.74, 6) is -0.939. The van der Waals surface area contributed by atoms with Crippen LogP contribution in [0.25, 0.3) is 0 Å². The molecule has 4 heteroatoms. The predicted molar refractivity (Wildman–Crippen MR) is 75.9 cm³/mol. The number of hydrogen-bond acceptors (Lipinski definition) is 3. The van der Waals surface area contributed by atoms with Gasteiger partial charge in [0.15, 0.2) is 6.10 Å². The number of aliphatic hydroxyl groups excluding tert-OH is 2. The molecular weight excluding hydrogens is 254 g/mol. The molecule has 0 aliphatic carbocycles. The maximum absolute atomic E-state index is 10.8. The number of rotatable bonds is 5. The van der Waals surface area contributed by atoms with Gasteiger partial charge in [0.05, 0.1) is 0 Å². The first-order valence-corrected chi connectivity index (χ1v) is 6.36. The molecule has 1 amide bonds. The van der Waals surface area contributed by atoms with Gasteiger partial charge in [-0.15, -0.1) is 0 Å². The van der Waals surface area contributed by atoms with Crippen molar-refractivity contribution in [3.8, 4) is 0 Å². The number of aliphatic hydroxyl groups is 2. The van der Waals surface area contributed by atoms with Gasteiger partial charge in [0, 0.05) is 0 Å². The summed E-state index contributed by atoms with van der Waals surface area (Å²) in [4.78, 5) is 10.8. The number of amides is 1. The van der Waals surface area contributed by atoms with E-state index < -0.39 is 18.1 Å². The lowest BCUT2D eigenvalue weighted by Gasteiger charge is -2.15. The van der Waals surface area contributed by atoms with Crippen LogP contribution in [-0.2, 0) is 11.2 Å². The second-order valence-electron chi connectivity index (χ2n) is 4.70. The lowest BCUT2D eigenvalue weighted by molar-refractivity contribution is -0.131. The second-order valence-corrected chi connectivity index (χ2v) is 4.70. The highest BCUT2D eigenvalue weighted by Crippen LogP contribution is 2.18. The number of carbonyl (C=O) groups is 1. The van der Waals surface area contributed by atoms with E-state index in [2.05, 4.69) is 0 Å². The number of primary amides is 1. The fourth-order valence-electron chi connectivity index (χ4n) is 2.00. The maximum Gasteiger partial charge on any atom is 0.249 e. The molecule has 2 unspecified atom stereocenters. The molecule has 0 saturated heterocycles. The highest BCUT2D eigenvalue weighted by molar-refractivity contribution is 5.79. The minimum Gasteiger partial charge on any atom is -0.385 e. The topological polar surface area (TPSA) is 83.6 Å². The van der Waals surface area contributed by atoms with Gasteiger partial charge in [0.1, 0.15) is 6.10 Å². The molecule has 4 nitrogen and oxygen atoms in total. The molecule has 2 atom stereocenters. The molecule has 0 aliphatic heterocycles. The summed E-state index contributed by atoms with van der Waals surface area (Å²) in [6.07, 6.45) is -2.09. The van der Waals surface area contributed by atoms with Crippen molar-refractivity contribution < 1.29 is 15.0 Å². The first-order chi connectivity index (χ1) is 9.58. The fourth-order valence-corrected chi connectivity index (χ4v) is 2.00. The molecule has 104 valence electrons. The number of carbonyl (C=O) groups excluding carboxylic acids is 1. The van der Waals surface area contributed by atoms with Crippen LogP contribution in [0.15, 0.2) is 54.6 Å². The third-order valence-electron chi connectivity index (χ3n) is 3.16. The van der Waals surface area contributed by atoms with Crippen LogP contribution in [0, 0.1) is 0 Å². The maximum atomic E-state index is 10.8. The van der Waals surface area contributed by atoms with E-state index in [1.54, 1.807) is 12.1 Å². The first kappa shape index (κ1) is 14.2. The summed E-state index contributed by atoms with van der Waals surface area (Å²) in [6.45, 7) is 0. The van der Waals surface area contributed by atoms with E-state index in [1.807, 2.05) is 42.5 Å². The molecule has 0 heterocycles. The number of benzene rings is 2. The largest absolute Gasteiger partial charge is 0.385 e. The molecule has 20 heavy (non-hydrogen) atoms. The van der Waals surface area contributed by atoms with E-state index >= 15 is 0 Å². The molecule has 2 rings (SSSR count). The molecule has 0 bridgehead atoms. The third-order valence-corrected chi connectivity index (χ3v) is 3.16. The second kappa shape index (κ2) is 6.32. The highest BCUT2D eigenvalue weighted by atomic mass is 16.3. The molecule has 2 aromatic carbocycles. The Morgan fingerprint density at radius 3 is 2.05 bits per heavy atom. The highest BCUT2D eigenvalue weighted by Gasteiger charge is 2.23. The standard InChI is InChI=1S/C16H17NO3/c17-16(20)15(19)14(18)13-8-6-12(7-9-13)10-11-4-2-1-3-5-11/h1-9,14-15,18-19H,10H2,(H2,17,20). The molecule has 0 spiro atoms. The SMILES string of the molecule is NC(=O)C(O)C(O)c1ccc(Cc2ccccc2)cc1. The van der Waals surface area contributed by atoms with Gasteiger partial charge in [-0.1, -0.05) is 54.6 Å². The summed E-state index contributed by atoms with van der Waals surface area (Å²) in [5.41, 5.74) is 7.70. The molecule has 0 fully saturated rings. The summed E-state index contributed by atoms with van der Waals surface area (Å²) in [7, 11) is 0. The normalized spacial score (nSPS) is 13.7. The summed E-state index contributed by atoms with van der Waals surface area (Å²) < 4.78 is 0. The average molecular weight is 271 g/mol. The van der Waals surface area contributed by atoms with Gasteiger partial charge >= 0.3 is 0 Å². The lowest BCUT2D eigenvalue weighted by atomic mass is 9.99. The Morgan fingerprint density at radius 1 is 0.950 bits per heavy atom. The first-order valence-electron chi connectivity index (χ1n) is 6.36. The van der Waals surface area contributed by atoms with E-state index in [0.29, 0.717) is 5.56 Å². The Hall–Kier alpha value is -2.17. The van der Waals surface area contributed by atoms with Crippen LogP contribution in [0.1, 0.15) is 22.8 Å². The van der Waals surface area contributed by atoms with Crippen molar-refractivity contribution in [1.29, 1.82) is 0 Å². The molecule has 0 radical (unpaired) electrons. The number of nitrogens with two attached hydrogens (primary N) is 1. The van der Waals surface area contributed by atoms with Crippen molar-refractivity contribution in [3.63, 3.8) is 0 Å². The van der Waals surface area contributed by atoms with E-state index in [-0.39, 0.29) is 0 Å². The average Bonchev–Trinajstić information content (AvgIpc) is 2.47. The van der Waals surface area contributed by atoms with Gasteiger partial charge in [0.25, 0.3) is 0 Å². The Balaban J connectivity index is 2.08. The van der Waals surface area contributed by atoms with Crippen LogP contribution < -0.4 is 5.73 Å². The zero-order valence-corrected chi connectivity index (χ0v) is 10.9. The van der Waals surface area contributed by atoms with Crippen LogP contribution in [-0.4, -0.2) is 22.2 Å². The zero-order valence-electron chi connectivity index (χ0n) is 10.9. The van der Waals surface area contributed by atoms with Crippen LogP contribution in [0.4, 0.5) is 0 Å². The summed E-state index contributed by atoms with van der Waals surface area (Å²) in [5, 5.41) is 19.2. The van der Waals surface area contributed by atoms with Crippen LogP contribution in [0.5, 0.6) is 0 Å². The quantitative estimate of drug-likeness (QED) is 0.763. The molecule has 0 aromatic heterocycles. The number of hydrogen-bond donors (Lipinski definition) is 3. The van der Waals surface area contributed by atoms with Crippen LogP contribution in [0.2, 0.25) is 0 Å². The molecular formula is C16H17NO3. The van der Waals surface area contributed by atoms with E-state index in [9.17, 15) is 15.0 Å². The molecule has 2 aromatic rings. The van der Waals surface area contributed by atoms with Crippen LogP contribution >= 0.6 is 0 Å². The summed E-state index contributed by atoms with van der Waals surface area (Å²) in [6, 6.07) is 17.1. The van der Waals surface area contributed by atoms with Gasteiger partial charge < -0.3 is 15.9 Å². The van der Waals surface area contributed by atoms with E-state index in [0.717, 1.165) is 12.0 Å². The molecule has 0 saturated carbocycles. The predicted octanol–water partition coefficient (Wildman–Crippen LogP) is 1.16. The Kier molecular flexibility index (Phi) is 4.50. The van der Waals surface area contributed by atoms with Crippen molar-refractivity contribution in [2.24, 2.45) is 5.73 Å². The lowest BCUT2D eigenvalue weighted by Crippen LogP contribution is -2.33. The van der Waals surface area contributed by atoms with Crippen LogP contribution in [0.3, 0.4) is 0 Å². The van der Waals surface area contributed by atoms with Crippen molar-refractivity contribution in [2.75, 3.05) is 0 Å². The van der Waals surface area contributed by atoms with Gasteiger partial charge in [0.2, 0.25) is 5.91 Å². The Labute approximate surface area is 117 Å². The van der Waals surface area contributed by atoms with Crippen molar-refractivity contribution in [1.82, 2.24) is 0 Å². The van der Waals surface area contributed by atoms with Crippen molar-refractivity contribution >= 4 is 5.91 Å². The minimum atomic E-state index is -1.59.